The minimum absolute atomic E-state index is 0.482. The van der Waals surface area contributed by atoms with E-state index in [4.69, 9.17) is 16.3 Å². The van der Waals surface area contributed by atoms with Crippen LogP contribution in [0.25, 0.3) is 0 Å². The highest BCUT2D eigenvalue weighted by molar-refractivity contribution is 6.30. The van der Waals surface area contributed by atoms with E-state index < -0.39 is 6.10 Å². The van der Waals surface area contributed by atoms with Gasteiger partial charge >= 0.3 is 0 Å². The molecule has 0 aliphatic carbocycles. The standard InChI is InChI=1S/C16H19ClN2O2/c1-9-15(10(2)19(3)18-9)14(20)8-12-7-13(17)6-11-4-5-21-16(11)12/h6-7,14,20H,4-5,8H2,1-3H3. The number of fused-ring (bicyclic) bond motifs is 1. The van der Waals surface area contributed by atoms with Crippen LogP contribution in [0.1, 0.15) is 34.2 Å². The molecule has 2 heterocycles. The monoisotopic (exact) mass is 306 g/mol. The molecule has 2 aromatic rings. The fraction of sp³-hybridized carbons (Fsp3) is 0.438. The third-order valence-electron chi connectivity index (χ3n) is 4.14. The van der Waals surface area contributed by atoms with Crippen molar-refractivity contribution in [1.82, 2.24) is 9.78 Å². The molecule has 1 unspecified atom stereocenters. The lowest BCUT2D eigenvalue weighted by Crippen LogP contribution is -2.06. The summed E-state index contributed by atoms with van der Waals surface area (Å²) in [5.74, 6) is 0.887. The van der Waals surface area contributed by atoms with Crippen LogP contribution in [0.2, 0.25) is 5.02 Å². The maximum Gasteiger partial charge on any atom is 0.126 e. The van der Waals surface area contributed by atoms with Crippen LogP contribution in [0.15, 0.2) is 12.1 Å². The van der Waals surface area contributed by atoms with Gasteiger partial charge in [0.05, 0.1) is 18.4 Å². The number of hydrogen-bond donors (Lipinski definition) is 1. The molecule has 4 nitrogen and oxygen atoms in total. The van der Waals surface area contributed by atoms with Gasteiger partial charge in [-0.25, -0.2) is 0 Å². The van der Waals surface area contributed by atoms with Crippen LogP contribution in [0.5, 0.6) is 5.75 Å². The number of rotatable bonds is 3. The van der Waals surface area contributed by atoms with Crippen molar-refractivity contribution in [2.45, 2.75) is 32.8 Å². The van der Waals surface area contributed by atoms with E-state index in [1.54, 1.807) is 4.68 Å². The quantitative estimate of drug-likeness (QED) is 0.948. The van der Waals surface area contributed by atoms with Crippen molar-refractivity contribution in [2.24, 2.45) is 7.05 Å². The molecule has 0 bridgehead atoms. The summed E-state index contributed by atoms with van der Waals surface area (Å²) in [6, 6.07) is 3.83. The van der Waals surface area contributed by atoms with Gasteiger partial charge in [-0.1, -0.05) is 11.6 Å². The summed E-state index contributed by atoms with van der Waals surface area (Å²) in [6.45, 7) is 4.58. The van der Waals surface area contributed by atoms with Crippen molar-refractivity contribution in [3.05, 3.63) is 45.2 Å². The molecule has 1 aromatic heterocycles. The van der Waals surface area contributed by atoms with Gasteiger partial charge in [-0.15, -0.1) is 0 Å². The van der Waals surface area contributed by atoms with Crippen LogP contribution in [0.3, 0.4) is 0 Å². The van der Waals surface area contributed by atoms with Gasteiger partial charge in [0.2, 0.25) is 0 Å². The average Bonchev–Trinajstić information content (AvgIpc) is 2.95. The Bertz CT molecular complexity index is 694. The van der Waals surface area contributed by atoms with Gasteiger partial charge in [-0.2, -0.15) is 5.10 Å². The topological polar surface area (TPSA) is 47.3 Å². The average molecular weight is 307 g/mol. The number of aliphatic hydroxyl groups excluding tert-OH is 1. The Morgan fingerprint density at radius 3 is 2.86 bits per heavy atom. The summed E-state index contributed by atoms with van der Waals surface area (Å²) >= 11 is 6.17. The lowest BCUT2D eigenvalue weighted by molar-refractivity contribution is 0.175. The van der Waals surface area contributed by atoms with Gasteiger partial charge in [0.1, 0.15) is 5.75 Å². The maximum absolute atomic E-state index is 10.6. The Labute approximate surface area is 129 Å². The van der Waals surface area contributed by atoms with Crippen LogP contribution < -0.4 is 4.74 Å². The smallest absolute Gasteiger partial charge is 0.126 e. The van der Waals surface area contributed by atoms with Gasteiger partial charge in [0.25, 0.3) is 0 Å². The number of hydrogen-bond acceptors (Lipinski definition) is 3. The molecule has 1 atom stereocenters. The zero-order valence-electron chi connectivity index (χ0n) is 12.5. The highest BCUT2D eigenvalue weighted by Gasteiger charge is 2.23. The molecule has 0 amide bonds. The number of aryl methyl sites for hydroxylation is 2. The fourth-order valence-electron chi connectivity index (χ4n) is 3.08. The minimum atomic E-state index is -0.606. The summed E-state index contributed by atoms with van der Waals surface area (Å²) in [4.78, 5) is 0. The van der Waals surface area contributed by atoms with Crippen molar-refractivity contribution in [3.63, 3.8) is 0 Å². The van der Waals surface area contributed by atoms with E-state index in [9.17, 15) is 5.11 Å². The summed E-state index contributed by atoms with van der Waals surface area (Å²) in [6.07, 6.45) is 0.755. The number of nitrogens with zero attached hydrogens (tertiary/aromatic N) is 2. The van der Waals surface area contributed by atoms with E-state index in [1.165, 1.54) is 0 Å². The molecular weight excluding hydrogens is 288 g/mol. The minimum Gasteiger partial charge on any atom is -0.493 e. The number of aliphatic hydroxyl groups is 1. The van der Waals surface area contributed by atoms with Crippen molar-refractivity contribution in [3.8, 4) is 5.75 Å². The zero-order chi connectivity index (χ0) is 15.1. The van der Waals surface area contributed by atoms with Gasteiger partial charge < -0.3 is 9.84 Å². The molecular formula is C16H19ClN2O2. The van der Waals surface area contributed by atoms with Gasteiger partial charge in [-0.05, 0) is 37.1 Å². The summed E-state index contributed by atoms with van der Waals surface area (Å²) in [5, 5.41) is 15.7. The van der Waals surface area contributed by atoms with E-state index in [1.807, 2.05) is 33.0 Å². The fourth-order valence-corrected chi connectivity index (χ4v) is 3.34. The Balaban J connectivity index is 1.94. The largest absolute Gasteiger partial charge is 0.493 e. The molecule has 5 heteroatoms. The first-order valence-electron chi connectivity index (χ1n) is 7.09. The zero-order valence-corrected chi connectivity index (χ0v) is 13.2. The molecule has 3 rings (SSSR count). The van der Waals surface area contributed by atoms with Crippen LogP contribution in [0, 0.1) is 13.8 Å². The lowest BCUT2D eigenvalue weighted by Gasteiger charge is -2.14. The number of aromatic nitrogens is 2. The van der Waals surface area contributed by atoms with E-state index in [0.717, 1.165) is 40.2 Å². The first kappa shape index (κ1) is 14.4. The number of benzene rings is 1. The van der Waals surface area contributed by atoms with Crippen LogP contribution >= 0.6 is 11.6 Å². The molecule has 0 saturated carbocycles. The predicted molar refractivity (Wildman–Crippen MR) is 82.0 cm³/mol. The number of ether oxygens (including phenoxy) is 1. The van der Waals surface area contributed by atoms with Crippen molar-refractivity contribution in [1.29, 1.82) is 0 Å². The third-order valence-corrected chi connectivity index (χ3v) is 4.36. The molecule has 1 aliphatic rings. The molecule has 1 aromatic carbocycles. The third kappa shape index (κ3) is 2.54. The number of halogens is 1. The molecule has 0 spiro atoms. The van der Waals surface area contributed by atoms with Crippen molar-refractivity contribution < 1.29 is 9.84 Å². The molecule has 1 N–H and O–H groups in total. The Morgan fingerprint density at radius 2 is 2.19 bits per heavy atom. The molecule has 1 aliphatic heterocycles. The van der Waals surface area contributed by atoms with Crippen molar-refractivity contribution >= 4 is 11.6 Å². The molecule has 21 heavy (non-hydrogen) atoms. The molecule has 0 fully saturated rings. The maximum atomic E-state index is 10.6. The van der Waals surface area contributed by atoms with Crippen LogP contribution in [0.4, 0.5) is 0 Å². The molecule has 112 valence electrons. The van der Waals surface area contributed by atoms with E-state index in [0.29, 0.717) is 18.1 Å². The second-order valence-electron chi connectivity index (χ2n) is 5.58. The Hall–Kier alpha value is -1.52. The lowest BCUT2D eigenvalue weighted by atomic mass is 9.97. The Morgan fingerprint density at radius 1 is 1.43 bits per heavy atom. The first-order chi connectivity index (χ1) is 9.97. The highest BCUT2D eigenvalue weighted by Crippen LogP contribution is 2.36. The summed E-state index contributed by atoms with van der Waals surface area (Å²) in [5.41, 5.74) is 4.83. The highest BCUT2D eigenvalue weighted by atomic mass is 35.5. The predicted octanol–water partition coefficient (Wildman–Crippen LogP) is 2.90. The van der Waals surface area contributed by atoms with Crippen molar-refractivity contribution in [2.75, 3.05) is 6.61 Å². The van der Waals surface area contributed by atoms with Gasteiger partial charge in [0.15, 0.2) is 0 Å². The van der Waals surface area contributed by atoms with Gasteiger partial charge in [0, 0.05) is 36.2 Å². The molecule has 0 radical (unpaired) electrons. The second-order valence-corrected chi connectivity index (χ2v) is 6.02. The van der Waals surface area contributed by atoms with E-state index >= 15 is 0 Å². The second kappa shape index (κ2) is 5.35. The Kier molecular flexibility index (Phi) is 3.68. The van der Waals surface area contributed by atoms with E-state index in [-0.39, 0.29) is 0 Å². The summed E-state index contributed by atoms with van der Waals surface area (Å²) in [7, 11) is 1.89. The first-order valence-corrected chi connectivity index (χ1v) is 7.47. The van der Waals surface area contributed by atoms with Crippen LogP contribution in [-0.2, 0) is 19.9 Å². The van der Waals surface area contributed by atoms with Gasteiger partial charge in [-0.3, -0.25) is 4.68 Å². The SMILES string of the molecule is Cc1nn(C)c(C)c1C(O)Cc1cc(Cl)cc2c1OCC2. The molecule has 0 saturated heterocycles. The summed E-state index contributed by atoms with van der Waals surface area (Å²) < 4.78 is 7.49. The van der Waals surface area contributed by atoms with E-state index in [2.05, 4.69) is 5.10 Å². The van der Waals surface area contributed by atoms with Crippen LogP contribution in [-0.4, -0.2) is 21.5 Å². The normalized spacial score (nSPS) is 14.9.